The van der Waals surface area contributed by atoms with Gasteiger partial charge in [-0.05, 0) is 36.6 Å². The summed E-state index contributed by atoms with van der Waals surface area (Å²) in [5.74, 6) is 2.60. The Labute approximate surface area is 134 Å². The summed E-state index contributed by atoms with van der Waals surface area (Å²) in [5.41, 5.74) is 7.67. The smallest absolute Gasteiger partial charge is 0.133 e. The van der Waals surface area contributed by atoms with Gasteiger partial charge in [-0.15, -0.1) is 0 Å². The number of nitrogen functional groups attached to an aromatic ring is 1. The number of rotatable bonds is 5. The molecule has 0 saturated heterocycles. The van der Waals surface area contributed by atoms with Crippen molar-refractivity contribution >= 4 is 21.6 Å². The van der Waals surface area contributed by atoms with Crippen LogP contribution in [0.15, 0.2) is 40.9 Å². The van der Waals surface area contributed by atoms with Gasteiger partial charge in [0, 0.05) is 28.4 Å². The number of nitrogens with two attached hydrogens (primary N) is 1. The van der Waals surface area contributed by atoms with Gasteiger partial charge < -0.3 is 15.2 Å². The van der Waals surface area contributed by atoms with Gasteiger partial charge in [0.15, 0.2) is 0 Å². The van der Waals surface area contributed by atoms with Gasteiger partial charge >= 0.3 is 0 Å². The van der Waals surface area contributed by atoms with Crippen molar-refractivity contribution in [2.24, 2.45) is 0 Å². The van der Waals surface area contributed by atoms with Crippen LogP contribution in [-0.4, -0.2) is 6.61 Å². The highest BCUT2D eigenvalue weighted by molar-refractivity contribution is 9.10. The summed E-state index contributed by atoms with van der Waals surface area (Å²) >= 11 is 3.50. The zero-order valence-electron chi connectivity index (χ0n) is 12.5. The van der Waals surface area contributed by atoms with E-state index in [0.717, 1.165) is 21.5 Å². The average Bonchev–Trinajstić information content (AvgIpc) is 2.40. The second kappa shape index (κ2) is 6.85. The van der Waals surface area contributed by atoms with Crippen LogP contribution in [0.2, 0.25) is 0 Å². The van der Waals surface area contributed by atoms with Crippen LogP contribution < -0.4 is 15.2 Å². The minimum atomic E-state index is 0.366. The van der Waals surface area contributed by atoms with Crippen LogP contribution in [0.4, 0.5) is 5.69 Å². The lowest BCUT2D eigenvalue weighted by Gasteiger charge is -2.15. The zero-order valence-corrected chi connectivity index (χ0v) is 14.1. The molecule has 112 valence electrons. The van der Waals surface area contributed by atoms with Gasteiger partial charge in [-0.2, -0.15) is 0 Å². The lowest BCUT2D eigenvalue weighted by atomic mass is 10.0. The molecule has 2 aromatic carbocycles. The molecule has 3 nitrogen and oxygen atoms in total. The van der Waals surface area contributed by atoms with Crippen LogP contribution in [0.3, 0.4) is 0 Å². The van der Waals surface area contributed by atoms with Gasteiger partial charge in [0.25, 0.3) is 0 Å². The maximum absolute atomic E-state index is 6.01. The van der Waals surface area contributed by atoms with Crippen LogP contribution in [0.5, 0.6) is 17.2 Å². The molecule has 0 amide bonds. The fraction of sp³-hybridized carbons (Fsp3) is 0.294. The quantitative estimate of drug-likeness (QED) is 0.740. The Morgan fingerprint density at radius 2 is 1.81 bits per heavy atom. The van der Waals surface area contributed by atoms with Crippen molar-refractivity contribution in [2.75, 3.05) is 12.3 Å². The highest BCUT2D eigenvalue weighted by Crippen LogP contribution is 2.34. The Hall–Kier alpha value is -1.68. The lowest BCUT2D eigenvalue weighted by Crippen LogP contribution is -1.97. The maximum Gasteiger partial charge on any atom is 0.133 e. The highest BCUT2D eigenvalue weighted by atomic mass is 79.9. The molecule has 0 atom stereocenters. The summed E-state index contributed by atoms with van der Waals surface area (Å²) in [6, 6.07) is 11.5. The van der Waals surface area contributed by atoms with Crippen molar-refractivity contribution < 1.29 is 9.47 Å². The van der Waals surface area contributed by atoms with E-state index in [-0.39, 0.29) is 0 Å². The van der Waals surface area contributed by atoms with Crippen molar-refractivity contribution in [1.29, 1.82) is 0 Å². The predicted molar refractivity (Wildman–Crippen MR) is 90.3 cm³/mol. The van der Waals surface area contributed by atoms with Crippen molar-refractivity contribution in [3.8, 4) is 17.2 Å². The van der Waals surface area contributed by atoms with Gasteiger partial charge in [0.2, 0.25) is 0 Å². The Morgan fingerprint density at radius 1 is 1.10 bits per heavy atom. The van der Waals surface area contributed by atoms with E-state index in [9.17, 15) is 0 Å². The molecular formula is C17H20BrNO2. The fourth-order valence-corrected chi connectivity index (χ4v) is 2.47. The molecule has 0 aromatic heterocycles. The summed E-state index contributed by atoms with van der Waals surface area (Å²) in [6.07, 6.45) is 0. The molecule has 0 heterocycles. The van der Waals surface area contributed by atoms with Gasteiger partial charge in [-0.25, -0.2) is 0 Å². The monoisotopic (exact) mass is 349 g/mol. The normalized spacial score (nSPS) is 10.7. The second-order valence-electron chi connectivity index (χ2n) is 5.11. The Kier molecular flexibility index (Phi) is 5.12. The third-order valence-corrected chi connectivity index (χ3v) is 3.53. The summed E-state index contributed by atoms with van der Waals surface area (Å²) in [4.78, 5) is 0. The van der Waals surface area contributed by atoms with E-state index in [0.29, 0.717) is 24.0 Å². The standard InChI is InChI=1S/C17H20BrNO2/c1-4-20-14-8-13(19)9-15(10-14)21-17-6-5-12(18)7-16(17)11(2)3/h5-11H,4,19H2,1-3H3. The molecule has 0 bridgehead atoms. The van der Waals surface area contributed by atoms with Gasteiger partial charge in [-0.3, -0.25) is 0 Å². The third-order valence-electron chi connectivity index (χ3n) is 3.04. The van der Waals surface area contributed by atoms with Crippen molar-refractivity contribution in [3.63, 3.8) is 0 Å². The molecule has 0 aliphatic heterocycles. The second-order valence-corrected chi connectivity index (χ2v) is 6.03. The molecular weight excluding hydrogens is 330 g/mol. The lowest BCUT2D eigenvalue weighted by molar-refractivity contribution is 0.338. The molecule has 2 N–H and O–H groups in total. The molecule has 0 saturated carbocycles. The van der Waals surface area contributed by atoms with Crippen LogP contribution in [0, 0.1) is 0 Å². The molecule has 21 heavy (non-hydrogen) atoms. The minimum Gasteiger partial charge on any atom is -0.494 e. The van der Waals surface area contributed by atoms with E-state index in [1.54, 1.807) is 12.1 Å². The largest absolute Gasteiger partial charge is 0.494 e. The molecule has 0 unspecified atom stereocenters. The van der Waals surface area contributed by atoms with E-state index >= 15 is 0 Å². The Morgan fingerprint density at radius 3 is 2.48 bits per heavy atom. The summed E-state index contributed by atoms with van der Waals surface area (Å²) in [7, 11) is 0. The first kappa shape index (κ1) is 15.7. The van der Waals surface area contributed by atoms with E-state index in [1.165, 1.54) is 0 Å². The minimum absolute atomic E-state index is 0.366. The van der Waals surface area contributed by atoms with Crippen LogP contribution in [0.1, 0.15) is 32.3 Å². The summed E-state index contributed by atoms with van der Waals surface area (Å²) in [5, 5.41) is 0. The fourth-order valence-electron chi connectivity index (χ4n) is 2.09. The number of anilines is 1. The van der Waals surface area contributed by atoms with Crippen LogP contribution in [-0.2, 0) is 0 Å². The predicted octanol–water partition coefficient (Wildman–Crippen LogP) is 5.35. The SMILES string of the molecule is CCOc1cc(N)cc(Oc2ccc(Br)cc2C(C)C)c1. The van der Waals surface area contributed by atoms with Crippen molar-refractivity contribution in [2.45, 2.75) is 26.7 Å². The third kappa shape index (κ3) is 4.14. The summed E-state index contributed by atoms with van der Waals surface area (Å²) < 4.78 is 12.5. The number of benzene rings is 2. The molecule has 2 rings (SSSR count). The summed E-state index contributed by atoms with van der Waals surface area (Å²) in [6.45, 7) is 6.81. The molecule has 0 aliphatic rings. The highest BCUT2D eigenvalue weighted by Gasteiger charge is 2.10. The molecule has 0 fully saturated rings. The zero-order chi connectivity index (χ0) is 15.4. The number of hydrogen-bond donors (Lipinski definition) is 1. The number of ether oxygens (including phenoxy) is 2. The maximum atomic E-state index is 6.01. The van der Waals surface area contributed by atoms with E-state index < -0.39 is 0 Å². The van der Waals surface area contributed by atoms with Crippen LogP contribution in [0.25, 0.3) is 0 Å². The van der Waals surface area contributed by atoms with Gasteiger partial charge in [0.1, 0.15) is 17.2 Å². The van der Waals surface area contributed by atoms with E-state index in [1.807, 2.05) is 25.1 Å². The Bertz CT molecular complexity index is 626. The van der Waals surface area contributed by atoms with Gasteiger partial charge in [0.05, 0.1) is 6.61 Å². The molecule has 4 heteroatoms. The van der Waals surface area contributed by atoms with Crippen LogP contribution >= 0.6 is 15.9 Å². The number of hydrogen-bond acceptors (Lipinski definition) is 3. The van der Waals surface area contributed by atoms with Gasteiger partial charge in [-0.1, -0.05) is 29.8 Å². The molecule has 0 aliphatic carbocycles. The average molecular weight is 350 g/mol. The van der Waals surface area contributed by atoms with E-state index in [4.69, 9.17) is 15.2 Å². The van der Waals surface area contributed by atoms with Crippen molar-refractivity contribution in [3.05, 3.63) is 46.4 Å². The molecule has 0 radical (unpaired) electrons. The first-order valence-electron chi connectivity index (χ1n) is 7.00. The Balaban J connectivity index is 2.33. The first-order chi connectivity index (χ1) is 9.99. The van der Waals surface area contributed by atoms with Crippen molar-refractivity contribution in [1.82, 2.24) is 0 Å². The topological polar surface area (TPSA) is 44.5 Å². The molecule has 0 spiro atoms. The van der Waals surface area contributed by atoms with E-state index in [2.05, 4.69) is 35.8 Å². The first-order valence-corrected chi connectivity index (χ1v) is 7.79. The molecule has 2 aromatic rings. The number of halogens is 1.